The number of hydrogen-bond acceptors (Lipinski definition) is 7. The number of aromatic carboxylic acids is 1. The van der Waals surface area contributed by atoms with E-state index < -0.39 is 5.97 Å². The molecule has 0 aliphatic rings. The van der Waals surface area contributed by atoms with E-state index in [-0.39, 0.29) is 28.7 Å². The summed E-state index contributed by atoms with van der Waals surface area (Å²) in [7, 11) is 1.54. The fourth-order valence-corrected chi connectivity index (χ4v) is 2.32. The van der Waals surface area contributed by atoms with Crippen molar-refractivity contribution in [2.45, 2.75) is 13.3 Å². The minimum absolute atomic E-state index is 0.0922. The Kier molecular flexibility index (Phi) is 6.76. The molecule has 116 valence electrons. The van der Waals surface area contributed by atoms with Gasteiger partial charge in [0, 0.05) is 33.5 Å². The Morgan fingerprint density at radius 3 is 2.57 bits per heavy atom. The SMILES string of the molecule is COCCNC(=O)CCNc1nc(C(=O)O)c(C(C)=O)s1. The number of carboxylic acid groups (broad SMARTS) is 1. The first-order chi connectivity index (χ1) is 9.95. The van der Waals surface area contributed by atoms with Gasteiger partial charge in [-0.25, -0.2) is 9.78 Å². The number of carbonyl (C=O) groups excluding carboxylic acids is 2. The van der Waals surface area contributed by atoms with Gasteiger partial charge >= 0.3 is 5.97 Å². The number of anilines is 1. The van der Waals surface area contributed by atoms with Crippen molar-refractivity contribution < 1.29 is 24.2 Å². The molecule has 0 atom stereocenters. The Labute approximate surface area is 125 Å². The van der Waals surface area contributed by atoms with Crippen LogP contribution in [-0.4, -0.2) is 54.6 Å². The highest BCUT2D eigenvalue weighted by atomic mass is 32.1. The molecule has 1 aromatic rings. The maximum atomic E-state index is 11.4. The summed E-state index contributed by atoms with van der Waals surface area (Å²) in [6, 6.07) is 0. The minimum Gasteiger partial charge on any atom is -0.476 e. The molecule has 3 N–H and O–H groups in total. The third-order valence-electron chi connectivity index (χ3n) is 2.41. The number of nitrogens with one attached hydrogen (secondary N) is 2. The molecular formula is C12H17N3O5S. The van der Waals surface area contributed by atoms with E-state index in [0.717, 1.165) is 11.3 Å². The number of rotatable bonds is 9. The first-order valence-corrected chi connectivity index (χ1v) is 7.02. The van der Waals surface area contributed by atoms with Crippen molar-refractivity contribution in [1.82, 2.24) is 10.3 Å². The summed E-state index contributed by atoms with van der Waals surface area (Å²) < 4.78 is 4.80. The third kappa shape index (κ3) is 5.48. The molecule has 1 aromatic heterocycles. The molecule has 0 unspecified atom stereocenters. The van der Waals surface area contributed by atoms with E-state index in [1.165, 1.54) is 6.92 Å². The van der Waals surface area contributed by atoms with Gasteiger partial charge in [0.05, 0.1) is 6.61 Å². The fraction of sp³-hybridized carbons (Fsp3) is 0.500. The predicted octanol–water partition coefficient (Wildman–Crippen LogP) is 0.608. The summed E-state index contributed by atoms with van der Waals surface area (Å²) in [5.41, 5.74) is -0.264. The van der Waals surface area contributed by atoms with Crippen molar-refractivity contribution >= 4 is 34.1 Å². The standard InChI is InChI=1S/C12H17N3O5S/c1-7(16)10-9(11(18)19)15-12(21-10)14-4-3-8(17)13-5-6-20-2/h3-6H2,1-2H3,(H,13,17)(H,14,15)(H,18,19). The molecule has 1 rings (SSSR count). The Morgan fingerprint density at radius 1 is 1.33 bits per heavy atom. The number of ether oxygens (including phenoxy) is 1. The number of Topliss-reactive ketones (excluding diaryl/α,β-unsaturated/α-hetero) is 1. The molecule has 0 saturated carbocycles. The summed E-state index contributed by atoms with van der Waals surface area (Å²) in [6.07, 6.45) is 0.209. The topological polar surface area (TPSA) is 118 Å². The molecule has 0 spiro atoms. The van der Waals surface area contributed by atoms with Gasteiger partial charge in [-0.2, -0.15) is 0 Å². The number of ketones is 1. The number of amides is 1. The van der Waals surface area contributed by atoms with Crippen LogP contribution in [0.3, 0.4) is 0 Å². The first-order valence-electron chi connectivity index (χ1n) is 6.20. The van der Waals surface area contributed by atoms with Crippen molar-refractivity contribution in [3.8, 4) is 0 Å². The summed E-state index contributed by atoms with van der Waals surface area (Å²) >= 11 is 0.965. The van der Waals surface area contributed by atoms with Crippen LogP contribution in [0.4, 0.5) is 5.13 Å². The quantitative estimate of drug-likeness (QED) is 0.451. The van der Waals surface area contributed by atoms with Gasteiger partial charge in [-0.3, -0.25) is 9.59 Å². The zero-order valence-corrected chi connectivity index (χ0v) is 12.6. The lowest BCUT2D eigenvalue weighted by molar-refractivity contribution is -0.121. The number of carboxylic acids is 1. The largest absolute Gasteiger partial charge is 0.476 e. The van der Waals surface area contributed by atoms with Crippen LogP contribution in [0.2, 0.25) is 0 Å². The van der Waals surface area contributed by atoms with Gasteiger partial charge in [0.15, 0.2) is 16.6 Å². The molecule has 0 radical (unpaired) electrons. The highest BCUT2D eigenvalue weighted by molar-refractivity contribution is 7.17. The first kappa shape index (κ1) is 17.1. The second-order valence-electron chi connectivity index (χ2n) is 4.08. The van der Waals surface area contributed by atoms with E-state index in [1.807, 2.05) is 0 Å². The third-order valence-corrected chi connectivity index (χ3v) is 3.52. The second kappa shape index (κ2) is 8.32. The number of hydrogen-bond donors (Lipinski definition) is 3. The predicted molar refractivity (Wildman–Crippen MR) is 77.1 cm³/mol. The molecule has 8 nitrogen and oxygen atoms in total. The highest BCUT2D eigenvalue weighted by Gasteiger charge is 2.20. The molecule has 0 aliphatic heterocycles. The van der Waals surface area contributed by atoms with Crippen molar-refractivity contribution in [1.29, 1.82) is 0 Å². The van der Waals surface area contributed by atoms with Gasteiger partial charge in [-0.05, 0) is 0 Å². The van der Waals surface area contributed by atoms with Gasteiger partial charge in [0.1, 0.15) is 4.88 Å². The molecule has 0 fully saturated rings. The maximum Gasteiger partial charge on any atom is 0.356 e. The molecule has 0 bridgehead atoms. The van der Waals surface area contributed by atoms with Crippen molar-refractivity contribution in [3.05, 3.63) is 10.6 Å². The van der Waals surface area contributed by atoms with E-state index >= 15 is 0 Å². The van der Waals surface area contributed by atoms with Crippen molar-refractivity contribution in [2.24, 2.45) is 0 Å². The minimum atomic E-state index is -1.25. The lowest BCUT2D eigenvalue weighted by Gasteiger charge is -2.04. The molecule has 0 saturated heterocycles. The van der Waals surface area contributed by atoms with Crippen LogP contribution in [0.15, 0.2) is 0 Å². The monoisotopic (exact) mass is 315 g/mol. The van der Waals surface area contributed by atoms with Gasteiger partial charge in [0.2, 0.25) is 5.91 Å². The molecule has 1 heterocycles. The summed E-state index contributed by atoms with van der Waals surface area (Å²) in [6.45, 7) is 2.45. The van der Waals surface area contributed by atoms with Gasteiger partial charge < -0.3 is 20.5 Å². The normalized spacial score (nSPS) is 10.2. The van der Waals surface area contributed by atoms with Crippen LogP contribution in [0.25, 0.3) is 0 Å². The van der Waals surface area contributed by atoms with Crippen LogP contribution in [0, 0.1) is 0 Å². The van der Waals surface area contributed by atoms with E-state index in [1.54, 1.807) is 7.11 Å². The summed E-state index contributed by atoms with van der Waals surface area (Å²) in [5.74, 6) is -1.75. The lowest BCUT2D eigenvalue weighted by atomic mass is 10.3. The summed E-state index contributed by atoms with van der Waals surface area (Å²) in [5, 5.41) is 14.7. The van der Waals surface area contributed by atoms with Gasteiger partial charge in [-0.15, -0.1) is 0 Å². The van der Waals surface area contributed by atoms with E-state index in [0.29, 0.717) is 24.8 Å². The van der Waals surface area contributed by atoms with E-state index in [9.17, 15) is 14.4 Å². The smallest absolute Gasteiger partial charge is 0.356 e. The molecule has 0 aliphatic carbocycles. The Balaban J connectivity index is 2.49. The average Bonchev–Trinajstić information content (AvgIpc) is 2.83. The van der Waals surface area contributed by atoms with Crippen LogP contribution in [0.1, 0.15) is 33.5 Å². The van der Waals surface area contributed by atoms with Crippen LogP contribution < -0.4 is 10.6 Å². The maximum absolute atomic E-state index is 11.4. The molecule has 1 amide bonds. The number of nitrogens with zero attached hydrogens (tertiary/aromatic N) is 1. The molecule has 0 aromatic carbocycles. The zero-order valence-electron chi connectivity index (χ0n) is 11.8. The fourth-order valence-electron chi connectivity index (χ4n) is 1.44. The van der Waals surface area contributed by atoms with E-state index in [4.69, 9.17) is 9.84 Å². The van der Waals surface area contributed by atoms with Crippen molar-refractivity contribution in [2.75, 3.05) is 32.1 Å². The molecular weight excluding hydrogens is 298 g/mol. The number of aromatic nitrogens is 1. The van der Waals surface area contributed by atoms with Crippen LogP contribution >= 0.6 is 11.3 Å². The van der Waals surface area contributed by atoms with Crippen LogP contribution in [-0.2, 0) is 9.53 Å². The Morgan fingerprint density at radius 2 is 2.05 bits per heavy atom. The van der Waals surface area contributed by atoms with Gasteiger partial charge in [-0.1, -0.05) is 11.3 Å². The molecule has 9 heteroatoms. The van der Waals surface area contributed by atoms with Gasteiger partial charge in [0.25, 0.3) is 0 Å². The number of carbonyl (C=O) groups is 3. The molecule has 21 heavy (non-hydrogen) atoms. The van der Waals surface area contributed by atoms with E-state index in [2.05, 4.69) is 15.6 Å². The lowest BCUT2D eigenvalue weighted by Crippen LogP contribution is -2.28. The number of methoxy groups -OCH3 is 1. The van der Waals surface area contributed by atoms with Crippen LogP contribution in [0.5, 0.6) is 0 Å². The zero-order chi connectivity index (χ0) is 15.8. The Bertz CT molecular complexity index is 497. The highest BCUT2D eigenvalue weighted by Crippen LogP contribution is 2.23. The summed E-state index contributed by atoms with van der Waals surface area (Å²) in [4.78, 5) is 37.6. The Hall–Kier alpha value is -2.00. The van der Waals surface area contributed by atoms with Crippen molar-refractivity contribution in [3.63, 3.8) is 0 Å². The number of thiazole rings is 1. The second-order valence-corrected chi connectivity index (χ2v) is 5.08. The average molecular weight is 315 g/mol.